The number of Topliss-reactive ketones (excluding diaryl/α,β-unsaturated/α-hetero) is 1. The SMILES string of the molecule is Cc1nn(-c2ccccc2)cc1C=C1CC(C)CC(=Cc2cn(-c3ccccc3)nc2C)C1=O. The summed E-state index contributed by atoms with van der Waals surface area (Å²) in [4.78, 5) is 13.5. The Morgan fingerprint density at radius 1 is 0.735 bits per heavy atom. The van der Waals surface area contributed by atoms with Gasteiger partial charge in [-0.3, -0.25) is 4.79 Å². The first-order valence-electron chi connectivity index (χ1n) is 11.7. The lowest BCUT2D eigenvalue weighted by atomic mass is 9.81. The summed E-state index contributed by atoms with van der Waals surface area (Å²) in [5, 5.41) is 9.31. The van der Waals surface area contributed by atoms with E-state index in [-0.39, 0.29) is 5.78 Å². The van der Waals surface area contributed by atoms with Gasteiger partial charge in [-0.05, 0) is 69.0 Å². The van der Waals surface area contributed by atoms with Gasteiger partial charge >= 0.3 is 0 Å². The van der Waals surface area contributed by atoms with E-state index in [1.54, 1.807) is 0 Å². The fraction of sp³-hybridized carbons (Fsp3) is 0.207. The Balaban J connectivity index is 1.46. The molecule has 0 spiro atoms. The van der Waals surface area contributed by atoms with E-state index in [1.165, 1.54) is 0 Å². The summed E-state index contributed by atoms with van der Waals surface area (Å²) >= 11 is 0. The average Bonchev–Trinajstić information content (AvgIpc) is 3.40. The van der Waals surface area contributed by atoms with Crippen LogP contribution in [0.15, 0.2) is 84.2 Å². The third kappa shape index (κ3) is 4.42. The van der Waals surface area contributed by atoms with E-state index in [0.717, 1.165) is 57.9 Å². The van der Waals surface area contributed by atoms with Crippen LogP contribution in [-0.4, -0.2) is 25.3 Å². The molecule has 1 fully saturated rings. The predicted octanol–water partition coefficient (Wildman–Crippen LogP) is 6.14. The van der Waals surface area contributed by atoms with Crippen LogP contribution in [0, 0.1) is 19.8 Å². The minimum atomic E-state index is 0.122. The molecule has 1 aliphatic rings. The number of aryl methyl sites for hydroxylation is 2. The van der Waals surface area contributed by atoms with Crippen molar-refractivity contribution in [1.29, 1.82) is 0 Å². The standard InChI is InChI=1S/C29H28N4O/c1-20-14-23(16-25-18-32(30-21(25)2)27-10-6-4-7-11-27)29(34)24(15-20)17-26-19-33(31-22(26)3)28-12-8-5-9-13-28/h4-13,16-20H,14-15H2,1-3H3. The normalized spacial score (nSPS) is 18.7. The van der Waals surface area contributed by atoms with Gasteiger partial charge in [0.2, 0.25) is 0 Å². The van der Waals surface area contributed by atoms with E-state index >= 15 is 0 Å². The van der Waals surface area contributed by atoms with E-state index in [9.17, 15) is 4.79 Å². The first kappa shape index (κ1) is 21.8. The summed E-state index contributed by atoms with van der Waals surface area (Å²) in [6.07, 6.45) is 9.59. The van der Waals surface area contributed by atoms with Gasteiger partial charge in [0.15, 0.2) is 5.78 Å². The Kier molecular flexibility index (Phi) is 5.84. The maximum atomic E-state index is 13.5. The molecule has 5 nitrogen and oxygen atoms in total. The highest BCUT2D eigenvalue weighted by atomic mass is 16.1. The van der Waals surface area contributed by atoms with E-state index in [2.05, 4.69) is 17.1 Å². The van der Waals surface area contributed by atoms with E-state index in [0.29, 0.717) is 5.92 Å². The highest BCUT2D eigenvalue weighted by Gasteiger charge is 2.26. The van der Waals surface area contributed by atoms with E-state index in [1.807, 2.05) is 108 Å². The van der Waals surface area contributed by atoms with Crippen LogP contribution in [0.1, 0.15) is 42.3 Å². The summed E-state index contributed by atoms with van der Waals surface area (Å²) in [7, 11) is 0. The number of hydrogen-bond acceptors (Lipinski definition) is 3. The highest BCUT2D eigenvalue weighted by molar-refractivity contribution is 6.14. The van der Waals surface area contributed by atoms with E-state index in [4.69, 9.17) is 0 Å². The zero-order valence-corrected chi connectivity index (χ0v) is 19.8. The van der Waals surface area contributed by atoms with Gasteiger partial charge in [0.1, 0.15) is 0 Å². The first-order chi connectivity index (χ1) is 16.5. The molecule has 0 bridgehead atoms. The largest absolute Gasteiger partial charge is 0.289 e. The lowest BCUT2D eigenvalue weighted by molar-refractivity contribution is -0.113. The summed E-state index contributed by atoms with van der Waals surface area (Å²) in [5.74, 6) is 0.515. The fourth-order valence-electron chi connectivity index (χ4n) is 4.50. The Morgan fingerprint density at radius 3 is 1.56 bits per heavy atom. The molecule has 2 heterocycles. The number of hydrogen-bond donors (Lipinski definition) is 0. The van der Waals surface area contributed by atoms with Gasteiger partial charge in [-0.15, -0.1) is 0 Å². The van der Waals surface area contributed by atoms with Crippen LogP contribution in [0.5, 0.6) is 0 Å². The quantitative estimate of drug-likeness (QED) is 0.352. The Labute approximate surface area is 200 Å². The van der Waals surface area contributed by atoms with E-state index < -0.39 is 0 Å². The molecule has 0 atom stereocenters. The fourth-order valence-corrected chi connectivity index (χ4v) is 4.50. The van der Waals surface area contributed by atoms with Crippen molar-refractivity contribution in [3.8, 4) is 11.4 Å². The lowest BCUT2D eigenvalue weighted by Gasteiger charge is -2.22. The van der Waals surface area contributed by atoms with Gasteiger partial charge in [0.25, 0.3) is 0 Å². The van der Waals surface area contributed by atoms with Crippen molar-refractivity contribution in [1.82, 2.24) is 19.6 Å². The minimum absolute atomic E-state index is 0.122. The summed E-state index contributed by atoms with van der Waals surface area (Å²) in [6, 6.07) is 20.1. The van der Waals surface area contributed by atoms with Crippen LogP contribution in [0.4, 0.5) is 0 Å². The predicted molar refractivity (Wildman–Crippen MR) is 136 cm³/mol. The minimum Gasteiger partial charge on any atom is -0.289 e. The molecule has 0 unspecified atom stereocenters. The van der Waals surface area contributed by atoms with Gasteiger partial charge in [0, 0.05) is 34.7 Å². The molecular weight excluding hydrogens is 420 g/mol. The zero-order valence-electron chi connectivity index (χ0n) is 19.8. The molecule has 5 heteroatoms. The van der Waals surface area contributed by atoms with Gasteiger partial charge < -0.3 is 0 Å². The number of allylic oxidation sites excluding steroid dienone is 2. The monoisotopic (exact) mass is 448 g/mol. The second-order valence-corrected chi connectivity index (χ2v) is 9.08. The molecule has 2 aromatic heterocycles. The third-order valence-electron chi connectivity index (χ3n) is 6.29. The number of ketones is 1. The number of rotatable bonds is 4. The molecule has 0 radical (unpaired) electrons. The molecule has 170 valence electrons. The summed E-state index contributed by atoms with van der Waals surface area (Å²) in [6.45, 7) is 6.18. The van der Waals surface area contributed by atoms with Crippen molar-refractivity contribution < 1.29 is 4.79 Å². The molecule has 0 N–H and O–H groups in total. The van der Waals surface area contributed by atoms with Crippen molar-refractivity contribution in [2.45, 2.75) is 33.6 Å². The van der Waals surface area contributed by atoms with Crippen LogP contribution in [-0.2, 0) is 4.79 Å². The third-order valence-corrected chi connectivity index (χ3v) is 6.29. The molecule has 1 aliphatic carbocycles. The van der Waals surface area contributed by atoms with Crippen molar-refractivity contribution in [2.24, 2.45) is 5.92 Å². The number of carbonyl (C=O) groups is 1. The van der Waals surface area contributed by atoms with Crippen molar-refractivity contribution in [3.63, 3.8) is 0 Å². The molecule has 34 heavy (non-hydrogen) atoms. The van der Waals surface area contributed by atoms with Crippen molar-refractivity contribution in [2.75, 3.05) is 0 Å². The molecule has 0 aliphatic heterocycles. The molecule has 4 aromatic rings. The molecule has 2 aromatic carbocycles. The smallest absolute Gasteiger partial charge is 0.185 e. The molecule has 5 rings (SSSR count). The van der Waals surface area contributed by atoms with Gasteiger partial charge in [-0.1, -0.05) is 43.3 Å². The van der Waals surface area contributed by atoms with Crippen LogP contribution >= 0.6 is 0 Å². The Bertz CT molecular complexity index is 1280. The second-order valence-electron chi connectivity index (χ2n) is 9.08. The maximum absolute atomic E-state index is 13.5. The van der Waals surface area contributed by atoms with Crippen LogP contribution < -0.4 is 0 Å². The number of aromatic nitrogens is 4. The molecule has 1 saturated carbocycles. The second kappa shape index (κ2) is 9.10. The van der Waals surface area contributed by atoms with Gasteiger partial charge in [0.05, 0.1) is 22.8 Å². The maximum Gasteiger partial charge on any atom is 0.185 e. The first-order valence-corrected chi connectivity index (χ1v) is 11.7. The molecule has 0 saturated heterocycles. The number of para-hydroxylation sites is 2. The molecule has 0 amide bonds. The van der Waals surface area contributed by atoms with Crippen LogP contribution in [0.2, 0.25) is 0 Å². The number of benzene rings is 2. The average molecular weight is 449 g/mol. The topological polar surface area (TPSA) is 52.7 Å². The number of nitrogens with zero attached hydrogens (tertiary/aromatic N) is 4. The van der Waals surface area contributed by atoms with Gasteiger partial charge in [-0.25, -0.2) is 9.36 Å². The summed E-state index contributed by atoms with van der Waals surface area (Å²) in [5.41, 5.74) is 7.47. The van der Waals surface area contributed by atoms with Crippen LogP contribution in [0.3, 0.4) is 0 Å². The lowest BCUT2D eigenvalue weighted by Crippen LogP contribution is -2.18. The highest BCUT2D eigenvalue weighted by Crippen LogP contribution is 2.33. The van der Waals surface area contributed by atoms with Crippen molar-refractivity contribution in [3.05, 3.63) is 107 Å². The summed E-state index contributed by atoms with van der Waals surface area (Å²) < 4.78 is 3.74. The number of carbonyl (C=O) groups excluding carboxylic acids is 1. The Morgan fingerprint density at radius 2 is 1.15 bits per heavy atom. The van der Waals surface area contributed by atoms with Crippen LogP contribution in [0.25, 0.3) is 23.5 Å². The zero-order chi connectivity index (χ0) is 23.7. The Hall–Kier alpha value is -3.99. The molecular formula is C29H28N4O. The van der Waals surface area contributed by atoms with Gasteiger partial charge in [-0.2, -0.15) is 10.2 Å². The van der Waals surface area contributed by atoms with Crippen molar-refractivity contribution >= 4 is 17.9 Å².